The lowest BCUT2D eigenvalue weighted by Crippen LogP contribution is -2.36. The van der Waals surface area contributed by atoms with E-state index in [0.717, 1.165) is 11.3 Å². The number of anilines is 2. The van der Waals surface area contributed by atoms with E-state index in [1.54, 1.807) is 64.5 Å². The van der Waals surface area contributed by atoms with Crippen LogP contribution in [0.2, 0.25) is 0 Å². The number of amides is 2. The number of imidazole rings is 1. The van der Waals surface area contributed by atoms with Crippen molar-refractivity contribution in [2.75, 3.05) is 31.2 Å². The fourth-order valence-corrected chi connectivity index (χ4v) is 4.53. The van der Waals surface area contributed by atoms with Crippen LogP contribution >= 0.6 is 0 Å². The number of nitrogens with zero attached hydrogens (tertiary/aromatic N) is 6. The SMILES string of the molecule is Cc1cnc2ccc(-c3nc(NC(=O)Cc4ncccc4OCCN(C)C(=O)OC(C)(C)C)c(N)nc3-c3ccc(F)cc3)cn12. The largest absolute Gasteiger partial charge is 0.490 e. The predicted molar refractivity (Wildman–Crippen MR) is 172 cm³/mol. The number of rotatable bonds is 9. The van der Waals surface area contributed by atoms with Gasteiger partial charge in [-0.2, -0.15) is 0 Å². The van der Waals surface area contributed by atoms with Crippen LogP contribution in [0.4, 0.5) is 20.8 Å². The van der Waals surface area contributed by atoms with Crippen molar-refractivity contribution in [2.24, 2.45) is 0 Å². The molecule has 0 fully saturated rings. The maximum atomic E-state index is 13.7. The molecule has 3 N–H and O–H groups in total. The highest BCUT2D eigenvalue weighted by Gasteiger charge is 2.21. The van der Waals surface area contributed by atoms with Gasteiger partial charge < -0.3 is 29.8 Å². The minimum absolute atomic E-state index is 0.0148. The number of benzene rings is 1. The van der Waals surface area contributed by atoms with Gasteiger partial charge in [-0.1, -0.05) is 0 Å². The number of carbonyl (C=O) groups excluding carboxylic acids is 2. The standard InChI is InChI=1S/C33H35FN8O4/c1-20-18-37-26-13-10-22(19-42(20)26)29-28(21-8-11-23(34)12-9-21)39-30(35)31(40-29)38-27(43)17-24-25(7-6-14-36-24)45-16-15-41(5)32(44)46-33(2,3)4/h6-14,18-19H,15-17H2,1-5H3,(H2,35,39)(H,38,40,43). The summed E-state index contributed by atoms with van der Waals surface area (Å²) in [5, 5.41) is 2.76. The van der Waals surface area contributed by atoms with Crippen molar-refractivity contribution in [3.63, 3.8) is 0 Å². The summed E-state index contributed by atoms with van der Waals surface area (Å²) in [7, 11) is 1.62. The molecule has 0 radical (unpaired) electrons. The number of nitrogens with two attached hydrogens (primary N) is 1. The molecule has 5 aromatic rings. The highest BCUT2D eigenvalue weighted by Crippen LogP contribution is 2.33. The summed E-state index contributed by atoms with van der Waals surface area (Å²) in [6.07, 6.45) is 4.57. The molecule has 12 nitrogen and oxygen atoms in total. The molecule has 4 aromatic heterocycles. The Bertz CT molecular complexity index is 1890. The molecule has 5 rings (SSSR count). The van der Waals surface area contributed by atoms with Gasteiger partial charge in [-0.3, -0.25) is 9.78 Å². The van der Waals surface area contributed by atoms with E-state index < -0.39 is 23.4 Å². The number of hydrogen-bond acceptors (Lipinski definition) is 9. The molecule has 1 aromatic carbocycles. The lowest BCUT2D eigenvalue weighted by Gasteiger charge is -2.24. The molecule has 0 unspecified atom stereocenters. The third kappa shape index (κ3) is 7.54. The molecule has 0 bridgehead atoms. The number of aryl methyl sites for hydroxylation is 1. The van der Waals surface area contributed by atoms with Crippen LogP contribution in [0.3, 0.4) is 0 Å². The highest BCUT2D eigenvalue weighted by atomic mass is 19.1. The van der Waals surface area contributed by atoms with Crippen molar-refractivity contribution in [3.8, 4) is 28.3 Å². The molecular weight excluding hydrogens is 591 g/mol. The molecule has 0 saturated heterocycles. The fourth-order valence-electron chi connectivity index (χ4n) is 4.53. The van der Waals surface area contributed by atoms with E-state index in [0.29, 0.717) is 34.0 Å². The van der Waals surface area contributed by atoms with Gasteiger partial charge >= 0.3 is 6.09 Å². The lowest BCUT2D eigenvalue weighted by atomic mass is 10.1. The summed E-state index contributed by atoms with van der Waals surface area (Å²) in [6, 6.07) is 12.9. The zero-order valence-electron chi connectivity index (χ0n) is 26.2. The summed E-state index contributed by atoms with van der Waals surface area (Å²) >= 11 is 0. The zero-order chi connectivity index (χ0) is 33.0. The van der Waals surface area contributed by atoms with E-state index in [2.05, 4.69) is 20.3 Å². The smallest absolute Gasteiger partial charge is 0.410 e. The van der Waals surface area contributed by atoms with E-state index in [1.807, 2.05) is 29.7 Å². The van der Waals surface area contributed by atoms with Crippen LogP contribution in [0.25, 0.3) is 28.2 Å². The number of ether oxygens (including phenoxy) is 2. The Morgan fingerprint density at radius 3 is 2.48 bits per heavy atom. The first-order valence-corrected chi connectivity index (χ1v) is 14.6. The van der Waals surface area contributed by atoms with E-state index in [-0.39, 0.29) is 31.2 Å². The van der Waals surface area contributed by atoms with Gasteiger partial charge in [-0.05, 0) is 76.2 Å². The van der Waals surface area contributed by atoms with Gasteiger partial charge in [0, 0.05) is 42.5 Å². The van der Waals surface area contributed by atoms with Crippen LogP contribution in [0, 0.1) is 12.7 Å². The number of nitrogens with one attached hydrogen (secondary N) is 1. The number of nitrogen functional groups attached to an aromatic ring is 1. The number of aromatic nitrogens is 5. The Labute approximate surface area is 265 Å². The molecular formula is C33H35FN8O4. The van der Waals surface area contributed by atoms with E-state index in [1.165, 1.54) is 17.0 Å². The fraction of sp³-hybridized carbons (Fsp3) is 0.273. The highest BCUT2D eigenvalue weighted by molar-refractivity contribution is 5.94. The molecule has 13 heteroatoms. The first kappa shape index (κ1) is 31.8. The third-order valence-corrected chi connectivity index (χ3v) is 6.83. The second-order valence-corrected chi connectivity index (χ2v) is 11.6. The summed E-state index contributed by atoms with van der Waals surface area (Å²) in [5.74, 6) is -0.398. The van der Waals surface area contributed by atoms with Crippen molar-refractivity contribution >= 4 is 29.3 Å². The van der Waals surface area contributed by atoms with E-state index in [9.17, 15) is 14.0 Å². The Balaban J connectivity index is 1.36. The van der Waals surface area contributed by atoms with Crippen LogP contribution < -0.4 is 15.8 Å². The predicted octanol–water partition coefficient (Wildman–Crippen LogP) is 5.31. The van der Waals surface area contributed by atoms with Crippen LogP contribution in [-0.2, 0) is 16.0 Å². The third-order valence-electron chi connectivity index (χ3n) is 6.83. The Hall–Kier alpha value is -5.59. The minimum atomic E-state index is -0.613. The maximum Gasteiger partial charge on any atom is 0.410 e. The van der Waals surface area contributed by atoms with Gasteiger partial charge in [0.15, 0.2) is 11.6 Å². The molecule has 2 amide bonds. The van der Waals surface area contributed by atoms with Gasteiger partial charge in [0.25, 0.3) is 0 Å². The summed E-state index contributed by atoms with van der Waals surface area (Å²) < 4.78 is 26.9. The van der Waals surface area contributed by atoms with Crippen LogP contribution in [0.5, 0.6) is 5.75 Å². The summed E-state index contributed by atoms with van der Waals surface area (Å²) in [4.78, 5) is 44.9. The molecule has 0 aliphatic heterocycles. The van der Waals surface area contributed by atoms with Crippen LogP contribution in [0.15, 0.2) is 67.1 Å². The number of likely N-dealkylation sites (N-methyl/N-ethyl adjacent to an activating group) is 1. The molecule has 0 saturated carbocycles. The molecule has 0 atom stereocenters. The average Bonchev–Trinajstić information content (AvgIpc) is 3.38. The number of pyridine rings is 2. The molecule has 4 heterocycles. The molecule has 0 aliphatic rings. The van der Waals surface area contributed by atoms with Gasteiger partial charge in [0.1, 0.15) is 35.1 Å². The minimum Gasteiger partial charge on any atom is -0.490 e. The quantitative estimate of drug-likeness (QED) is 0.222. The first-order chi connectivity index (χ1) is 21.9. The maximum absolute atomic E-state index is 13.7. The number of halogens is 1. The van der Waals surface area contributed by atoms with E-state index in [4.69, 9.17) is 20.2 Å². The summed E-state index contributed by atoms with van der Waals surface area (Å²) in [6.45, 7) is 7.73. The van der Waals surface area contributed by atoms with Crippen LogP contribution in [-0.4, -0.2) is 67.0 Å². The molecule has 238 valence electrons. The molecule has 0 spiro atoms. The van der Waals surface area contributed by atoms with Crippen molar-refractivity contribution in [1.82, 2.24) is 29.2 Å². The second-order valence-electron chi connectivity index (χ2n) is 11.6. The Kier molecular flexibility index (Phi) is 9.12. The van der Waals surface area contributed by atoms with Crippen molar-refractivity contribution in [1.29, 1.82) is 0 Å². The summed E-state index contributed by atoms with van der Waals surface area (Å²) in [5.41, 5.74) is 9.89. The monoisotopic (exact) mass is 626 g/mol. The van der Waals surface area contributed by atoms with Crippen LogP contribution in [0.1, 0.15) is 32.2 Å². The zero-order valence-corrected chi connectivity index (χ0v) is 26.2. The first-order valence-electron chi connectivity index (χ1n) is 14.6. The van der Waals surface area contributed by atoms with Crippen molar-refractivity contribution in [3.05, 3.63) is 84.3 Å². The number of fused-ring (bicyclic) bond motifs is 1. The topological polar surface area (TPSA) is 150 Å². The normalized spacial score (nSPS) is 11.3. The van der Waals surface area contributed by atoms with Gasteiger partial charge in [0.2, 0.25) is 5.91 Å². The van der Waals surface area contributed by atoms with Gasteiger partial charge in [0.05, 0.1) is 24.4 Å². The Morgan fingerprint density at radius 1 is 1.02 bits per heavy atom. The van der Waals surface area contributed by atoms with Gasteiger partial charge in [-0.25, -0.2) is 24.1 Å². The number of carbonyl (C=O) groups is 2. The molecule has 0 aliphatic carbocycles. The van der Waals surface area contributed by atoms with Crippen molar-refractivity contribution < 1.29 is 23.5 Å². The lowest BCUT2D eigenvalue weighted by molar-refractivity contribution is -0.115. The molecule has 46 heavy (non-hydrogen) atoms. The van der Waals surface area contributed by atoms with E-state index >= 15 is 0 Å². The number of hydrogen-bond donors (Lipinski definition) is 2. The van der Waals surface area contributed by atoms with Crippen molar-refractivity contribution in [2.45, 2.75) is 39.7 Å². The second kappa shape index (κ2) is 13.2. The average molecular weight is 627 g/mol. The van der Waals surface area contributed by atoms with Gasteiger partial charge in [-0.15, -0.1) is 0 Å². The Morgan fingerprint density at radius 2 is 1.74 bits per heavy atom.